The number of esters is 1. The first-order valence-electron chi connectivity index (χ1n) is 6.61. The Labute approximate surface area is 115 Å². The highest BCUT2D eigenvalue weighted by Gasteiger charge is 2.33. The molecule has 0 aliphatic rings. The molecule has 1 unspecified atom stereocenters. The Hall–Kier alpha value is -0.690. The maximum absolute atomic E-state index is 11.7. The summed E-state index contributed by atoms with van der Waals surface area (Å²) in [6.07, 6.45) is 0.869. The second-order valence-corrected chi connectivity index (χ2v) is 4.31. The van der Waals surface area contributed by atoms with Gasteiger partial charge in [0.25, 0.3) is 0 Å². The molecule has 114 valence electrons. The van der Waals surface area contributed by atoms with Crippen LogP contribution < -0.4 is 5.32 Å². The summed E-state index contributed by atoms with van der Waals surface area (Å²) in [5, 5.41) is 2.92. The summed E-state index contributed by atoms with van der Waals surface area (Å²) in [7, 11) is 3.37. The van der Waals surface area contributed by atoms with Crippen LogP contribution >= 0.6 is 0 Å². The Bertz CT molecular complexity index is 237. The van der Waals surface area contributed by atoms with Gasteiger partial charge in [-0.3, -0.25) is 0 Å². The fourth-order valence-corrected chi connectivity index (χ4v) is 1.33. The Morgan fingerprint density at radius 2 is 1.84 bits per heavy atom. The lowest BCUT2D eigenvalue weighted by molar-refractivity contribution is -0.153. The molecule has 19 heavy (non-hydrogen) atoms. The van der Waals surface area contributed by atoms with Crippen LogP contribution in [0.15, 0.2) is 0 Å². The first-order valence-corrected chi connectivity index (χ1v) is 6.61. The molecule has 0 amide bonds. The zero-order valence-electron chi connectivity index (χ0n) is 12.5. The van der Waals surface area contributed by atoms with E-state index in [1.807, 2.05) is 0 Å². The highest BCUT2D eigenvalue weighted by atomic mass is 16.5. The van der Waals surface area contributed by atoms with Crippen LogP contribution in [0.25, 0.3) is 0 Å². The van der Waals surface area contributed by atoms with Crippen molar-refractivity contribution in [2.75, 3.05) is 53.8 Å². The van der Waals surface area contributed by atoms with Crippen LogP contribution in [0, 0.1) is 0 Å². The molecule has 0 radical (unpaired) electrons. The van der Waals surface area contributed by atoms with Gasteiger partial charge in [0.1, 0.15) is 5.54 Å². The minimum atomic E-state index is -0.813. The molecule has 0 aliphatic heterocycles. The number of carbonyl (C=O) groups is 1. The van der Waals surface area contributed by atoms with Crippen LogP contribution in [0.4, 0.5) is 0 Å². The van der Waals surface area contributed by atoms with Gasteiger partial charge in [-0.15, -0.1) is 0 Å². The molecule has 0 aromatic rings. The van der Waals surface area contributed by atoms with Crippen LogP contribution in [0.2, 0.25) is 0 Å². The Balaban J connectivity index is 3.69. The average Bonchev–Trinajstić information content (AvgIpc) is 2.41. The van der Waals surface area contributed by atoms with Crippen molar-refractivity contribution in [2.45, 2.75) is 25.8 Å². The van der Waals surface area contributed by atoms with Crippen molar-refractivity contribution in [3.8, 4) is 0 Å². The van der Waals surface area contributed by atoms with Crippen LogP contribution in [-0.2, 0) is 23.7 Å². The minimum Gasteiger partial charge on any atom is -0.465 e. The zero-order chi connectivity index (χ0) is 14.6. The summed E-state index contributed by atoms with van der Waals surface area (Å²) >= 11 is 0. The highest BCUT2D eigenvalue weighted by Crippen LogP contribution is 2.06. The van der Waals surface area contributed by atoms with E-state index in [4.69, 9.17) is 18.9 Å². The zero-order valence-corrected chi connectivity index (χ0v) is 12.5. The number of nitrogens with one attached hydrogen (secondary N) is 1. The first-order chi connectivity index (χ1) is 9.10. The second-order valence-electron chi connectivity index (χ2n) is 4.31. The topological polar surface area (TPSA) is 66.0 Å². The number of hydrogen-bond donors (Lipinski definition) is 1. The Morgan fingerprint density at radius 3 is 2.42 bits per heavy atom. The molecule has 6 heteroatoms. The molecule has 0 aliphatic carbocycles. The number of hydrogen-bond acceptors (Lipinski definition) is 6. The molecule has 1 N–H and O–H groups in total. The third-order valence-electron chi connectivity index (χ3n) is 2.68. The predicted octanol–water partition coefficient (Wildman–Crippen LogP) is 0.597. The van der Waals surface area contributed by atoms with Gasteiger partial charge < -0.3 is 24.3 Å². The van der Waals surface area contributed by atoms with Gasteiger partial charge in [-0.25, -0.2) is 4.79 Å². The predicted molar refractivity (Wildman–Crippen MR) is 72.2 cm³/mol. The smallest absolute Gasteiger partial charge is 0.328 e. The molecule has 6 nitrogen and oxygen atoms in total. The largest absolute Gasteiger partial charge is 0.465 e. The van der Waals surface area contributed by atoms with Gasteiger partial charge in [0.2, 0.25) is 0 Å². The van der Waals surface area contributed by atoms with E-state index in [0.29, 0.717) is 33.0 Å². The van der Waals surface area contributed by atoms with Crippen molar-refractivity contribution in [1.82, 2.24) is 5.32 Å². The molecule has 0 spiro atoms. The van der Waals surface area contributed by atoms with Crippen molar-refractivity contribution < 1.29 is 23.7 Å². The third-order valence-corrected chi connectivity index (χ3v) is 2.68. The third kappa shape index (κ3) is 8.15. The molecule has 0 rings (SSSR count). The molecule has 0 fully saturated rings. The van der Waals surface area contributed by atoms with Crippen molar-refractivity contribution in [3.05, 3.63) is 0 Å². The number of methoxy groups -OCH3 is 1. The molecule has 1 atom stereocenters. The number of carbonyl (C=O) groups excluding carboxylic acids is 1. The summed E-state index contributed by atoms with van der Waals surface area (Å²) in [6.45, 7) is 6.45. The average molecular weight is 277 g/mol. The van der Waals surface area contributed by atoms with E-state index in [9.17, 15) is 4.79 Å². The van der Waals surface area contributed by atoms with Gasteiger partial charge in [-0.2, -0.15) is 0 Å². The lowest BCUT2D eigenvalue weighted by Gasteiger charge is -2.26. The lowest BCUT2D eigenvalue weighted by Crippen LogP contribution is -2.52. The van der Waals surface area contributed by atoms with Gasteiger partial charge in [0, 0.05) is 20.3 Å². The van der Waals surface area contributed by atoms with Crippen molar-refractivity contribution >= 4 is 5.97 Å². The first kappa shape index (κ1) is 18.3. The fourth-order valence-electron chi connectivity index (χ4n) is 1.33. The molecular formula is C13H27NO5. The molecule has 0 bridgehead atoms. The summed E-state index contributed by atoms with van der Waals surface area (Å²) < 4.78 is 20.7. The SMILES string of the molecule is CCOC(=O)C(C)(COCCOCCCOC)NC. The van der Waals surface area contributed by atoms with Gasteiger partial charge in [-0.05, 0) is 27.3 Å². The minimum absolute atomic E-state index is 0.254. The number of likely N-dealkylation sites (N-methyl/N-ethyl adjacent to an activating group) is 1. The number of rotatable bonds is 12. The molecule has 0 aromatic carbocycles. The van der Waals surface area contributed by atoms with Crippen molar-refractivity contribution in [3.63, 3.8) is 0 Å². The molecule has 0 saturated heterocycles. The normalized spacial score (nSPS) is 14.1. The molecule has 0 aromatic heterocycles. The summed E-state index contributed by atoms with van der Waals surface area (Å²) in [4.78, 5) is 11.7. The highest BCUT2D eigenvalue weighted by molar-refractivity contribution is 5.80. The summed E-state index contributed by atoms with van der Waals surface area (Å²) in [6, 6.07) is 0. The standard InChI is InChI=1S/C13H27NO5/c1-5-19-12(15)13(2,14-3)11-18-10-9-17-8-6-7-16-4/h14H,5-11H2,1-4H3. The van der Waals surface area contributed by atoms with Crippen LogP contribution in [0.5, 0.6) is 0 Å². The van der Waals surface area contributed by atoms with E-state index in [-0.39, 0.29) is 12.6 Å². The Morgan fingerprint density at radius 1 is 1.16 bits per heavy atom. The van der Waals surface area contributed by atoms with Crippen LogP contribution in [0.1, 0.15) is 20.3 Å². The fraction of sp³-hybridized carbons (Fsp3) is 0.923. The quantitative estimate of drug-likeness (QED) is 0.416. The van der Waals surface area contributed by atoms with Crippen molar-refractivity contribution in [2.24, 2.45) is 0 Å². The van der Waals surface area contributed by atoms with E-state index in [1.54, 1.807) is 28.0 Å². The Kier molecular flexibility index (Phi) is 10.8. The van der Waals surface area contributed by atoms with Gasteiger partial charge >= 0.3 is 5.97 Å². The van der Waals surface area contributed by atoms with Crippen molar-refractivity contribution in [1.29, 1.82) is 0 Å². The lowest BCUT2D eigenvalue weighted by atomic mass is 10.1. The van der Waals surface area contributed by atoms with E-state index >= 15 is 0 Å². The van der Waals surface area contributed by atoms with Gasteiger partial charge in [0.05, 0.1) is 26.4 Å². The monoisotopic (exact) mass is 277 g/mol. The van der Waals surface area contributed by atoms with E-state index in [0.717, 1.165) is 6.42 Å². The maximum Gasteiger partial charge on any atom is 0.328 e. The second kappa shape index (κ2) is 11.2. The van der Waals surface area contributed by atoms with Gasteiger partial charge in [-0.1, -0.05) is 0 Å². The van der Waals surface area contributed by atoms with E-state index < -0.39 is 5.54 Å². The van der Waals surface area contributed by atoms with E-state index in [2.05, 4.69) is 5.32 Å². The summed E-state index contributed by atoms with van der Waals surface area (Å²) in [5.74, 6) is -0.307. The summed E-state index contributed by atoms with van der Waals surface area (Å²) in [5.41, 5.74) is -0.813. The van der Waals surface area contributed by atoms with E-state index in [1.165, 1.54) is 0 Å². The molecular weight excluding hydrogens is 250 g/mol. The van der Waals surface area contributed by atoms with Crippen LogP contribution in [-0.4, -0.2) is 65.3 Å². The van der Waals surface area contributed by atoms with Crippen LogP contribution in [0.3, 0.4) is 0 Å². The molecule has 0 heterocycles. The maximum atomic E-state index is 11.7. The molecule has 0 saturated carbocycles. The van der Waals surface area contributed by atoms with Gasteiger partial charge in [0.15, 0.2) is 0 Å². The number of ether oxygens (including phenoxy) is 4.